The Kier molecular flexibility index (Phi) is 4.97. The third-order valence-electron chi connectivity index (χ3n) is 5.96. The number of hydrogen-bond acceptors (Lipinski definition) is 2. The van der Waals surface area contributed by atoms with Crippen LogP contribution in [0.25, 0.3) is 6.08 Å². The van der Waals surface area contributed by atoms with Gasteiger partial charge >= 0.3 is 5.97 Å². The smallest absolute Gasteiger partial charge is 0.343 e. The van der Waals surface area contributed by atoms with Crippen molar-refractivity contribution in [3.8, 4) is 5.75 Å². The maximum absolute atomic E-state index is 12.8. The van der Waals surface area contributed by atoms with Crippen molar-refractivity contribution in [2.75, 3.05) is 0 Å². The van der Waals surface area contributed by atoms with E-state index < -0.39 is 0 Å². The fourth-order valence-corrected chi connectivity index (χ4v) is 4.36. The zero-order chi connectivity index (χ0) is 21.1. The number of carbonyl (C=O) groups is 1. The van der Waals surface area contributed by atoms with E-state index in [2.05, 4.69) is 66.7 Å². The molecular formula is C29H22O2. The van der Waals surface area contributed by atoms with Gasteiger partial charge in [-0.3, -0.25) is 0 Å². The Balaban J connectivity index is 1.59. The van der Waals surface area contributed by atoms with E-state index in [1.54, 1.807) is 12.1 Å². The van der Waals surface area contributed by atoms with Gasteiger partial charge < -0.3 is 4.74 Å². The minimum absolute atomic E-state index is 0.329. The molecule has 0 amide bonds. The summed E-state index contributed by atoms with van der Waals surface area (Å²) in [6.45, 7) is 0. The van der Waals surface area contributed by atoms with Crippen LogP contribution < -0.4 is 4.74 Å². The van der Waals surface area contributed by atoms with Gasteiger partial charge in [-0.1, -0.05) is 103 Å². The maximum Gasteiger partial charge on any atom is 0.343 e. The topological polar surface area (TPSA) is 26.3 Å². The first-order chi connectivity index (χ1) is 15.3. The monoisotopic (exact) mass is 402 g/mol. The van der Waals surface area contributed by atoms with E-state index in [1.807, 2.05) is 42.5 Å². The van der Waals surface area contributed by atoms with Crippen LogP contribution in [0.2, 0.25) is 0 Å². The van der Waals surface area contributed by atoms with Crippen LogP contribution in [0.15, 0.2) is 115 Å². The van der Waals surface area contributed by atoms with Gasteiger partial charge in [-0.15, -0.1) is 0 Å². The highest BCUT2D eigenvalue weighted by Crippen LogP contribution is 2.44. The van der Waals surface area contributed by atoms with Gasteiger partial charge in [-0.05, 0) is 41.3 Å². The van der Waals surface area contributed by atoms with Crippen molar-refractivity contribution < 1.29 is 9.53 Å². The summed E-state index contributed by atoms with van der Waals surface area (Å²) in [5, 5.41) is 0. The molecule has 0 heterocycles. The molecule has 0 aliphatic heterocycles. The number of esters is 1. The van der Waals surface area contributed by atoms with Crippen LogP contribution in [0.3, 0.4) is 0 Å². The molecule has 0 N–H and O–H groups in total. The summed E-state index contributed by atoms with van der Waals surface area (Å²) in [4.78, 5) is 12.8. The number of benzene rings is 4. The van der Waals surface area contributed by atoms with E-state index in [4.69, 9.17) is 4.74 Å². The molecule has 150 valence electrons. The molecule has 1 aliphatic rings. The molecule has 2 nitrogen and oxygen atoms in total. The van der Waals surface area contributed by atoms with Crippen LogP contribution in [-0.2, 0) is 11.8 Å². The summed E-state index contributed by atoms with van der Waals surface area (Å²) in [6.07, 6.45) is 5.15. The summed E-state index contributed by atoms with van der Waals surface area (Å²) < 4.78 is 5.89. The first-order valence-electron chi connectivity index (χ1n) is 10.5. The van der Waals surface area contributed by atoms with E-state index >= 15 is 0 Å². The maximum atomic E-state index is 12.8. The molecule has 0 aromatic heterocycles. The number of fused-ring (bicyclic) bond motifs is 1. The summed E-state index contributed by atoms with van der Waals surface area (Å²) in [5.74, 6) is 0.278. The standard InChI is InChI=1S/C29H22O2/c30-28(23-11-4-1-5-12-23)31-27-18-10-13-22-19-20-29(21-26(22)27,24-14-6-2-7-15-24)25-16-8-3-9-17-25/h1-20H,21H2. The number of ether oxygens (including phenoxy) is 1. The number of allylic oxidation sites excluding steroid dienone is 1. The highest BCUT2D eigenvalue weighted by Gasteiger charge is 2.36. The number of hydrogen-bond donors (Lipinski definition) is 0. The SMILES string of the molecule is O=C(Oc1cccc2c1CC(c1ccccc1)(c1ccccc1)C=C2)c1ccccc1. The second-order valence-corrected chi connectivity index (χ2v) is 7.79. The summed E-state index contributed by atoms with van der Waals surface area (Å²) in [7, 11) is 0. The molecule has 0 fully saturated rings. The quantitative estimate of drug-likeness (QED) is 0.289. The van der Waals surface area contributed by atoms with Gasteiger partial charge in [0.15, 0.2) is 0 Å². The predicted octanol–water partition coefficient (Wildman–Crippen LogP) is 6.46. The average molecular weight is 402 g/mol. The van der Waals surface area contributed by atoms with Crippen molar-refractivity contribution in [2.45, 2.75) is 11.8 Å². The molecule has 0 saturated heterocycles. The molecule has 0 radical (unpaired) electrons. The van der Waals surface area contributed by atoms with Crippen molar-refractivity contribution in [1.82, 2.24) is 0 Å². The largest absolute Gasteiger partial charge is 0.423 e. The van der Waals surface area contributed by atoms with Crippen molar-refractivity contribution in [2.24, 2.45) is 0 Å². The zero-order valence-electron chi connectivity index (χ0n) is 17.1. The second kappa shape index (κ2) is 8.08. The van der Waals surface area contributed by atoms with Crippen molar-refractivity contribution in [1.29, 1.82) is 0 Å². The van der Waals surface area contributed by atoms with Crippen LogP contribution in [0.4, 0.5) is 0 Å². The highest BCUT2D eigenvalue weighted by atomic mass is 16.5. The van der Waals surface area contributed by atoms with Crippen LogP contribution >= 0.6 is 0 Å². The predicted molar refractivity (Wildman–Crippen MR) is 124 cm³/mol. The lowest BCUT2D eigenvalue weighted by molar-refractivity contribution is 0.0732. The highest BCUT2D eigenvalue weighted by molar-refractivity contribution is 5.91. The third-order valence-corrected chi connectivity index (χ3v) is 5.96. The molecule has 0 saturated carbocycles. The van der Waals surface area contributed by atoms with Crippen molar-refractivity contribution in [3.63, 3.8) is 0 Å². The van der Waals surface area contributed by atoms with E-state index in [0.29, 0.717) is 17.7 Å². The van der Waals surface area contributed by atoms with Crippen molar-refractivity contribution >= 4 is 12.0 Å². The normalized spacial score (nSPS) is 13.9. The molecule has 0 atom stereocenters. The third kappa shape index (κ3) is 3.57. The Hall–Kier alpha value is -3.91. The Bertz CT molecular complexity index is 1190. The van der Waals surface area contributed by atoms with Crippen LogP contribution in [0.5, 0.6) is 5.75 Å². The molecular weight excluding hydrogens is 380 g/mol. The fraction of sp³-hybridized carbons (Fsp3) is 0.0690. The van der Waals surface area contributed by atoms with E-state index in [1.165, 1.54) is 11.1 Å². The van der Waals surface area contributed by atoms with Gasteiger partial charge in [0.2, 0.25) is 0 Å². The van der Waals surface area contributed by atoms with Crippen LogP contribution in [0, 0.1) is 0 Å². The molecule has 2 heteroatoms. The molecule has 0 unspecified atom stereocenters. The van der Waals surface area contributed by atoms with E-state index in [0.717, 1.165) is 11.1 Å². The van der Waals surface area contributed by atoms with Gasteiger partial charge in [0, 0.05) is 11.0 Å². The first-order valence-corrected chi connectivity index (χ1v) is 10.5. The lowest BCUT2D eigenvalue weighted by Crippen LogP contribution is -2.31. The van der Waals surface area contributed by atoms with Crippen molar-refractivity contribution in [3.05, 3.63) is 143 Å². The number of rotatable bonds is 4. The second-order valence-electron chi connectivity index (χ2n) is 7.79. The summed E-state index contributed by atoms with van der Waals surface area (Å²) in [6, 6.07) is 36.1. The van der Waals surface area contributed by atoms with Gasteiger partial charge in [-0.2, -0.15) is 0 Å². The molecule has 31 heavy (non-hydrogen) atoms. The molecule has 5 rings (SSSR count). The summed E-state index contributed by atoms with van der Waals surface area (Å²) >= 11 is 0. The molecule has 0 spiro atoms. The Morgan fingerprint density at radius 2 is 1.26 bits per heavy atom. The van der Waals surface area contributed by atoms with Gasteiger partial charge in [-0.25, -0.2) is 4.79 Å². The van der Waals surface area contributed by atoms with Gasteiger partial charge in [0.05, 0.1) is 5.56 Å². The summed E-state index contributed by atoms with van der Waals surface area (Å²) in [5.41, 5.74) is 4.77. The number of carbonyl (C=O) groups excluding carboxylic acids is 1. The average Bonchev–Trinajstić information content (AvgIpc) is 2.85. The van der Waals surface area contributed by atoms with Gasteiger partial charge in [0.1, 0.15) is 5.75 Å². The molecule has 4 aromatic carbocycles. The minimum Gasteiger partial charge on any atom is -0.423 e. The Labute approximate surface area is 182 Å². The minimum atomic E-state index is -0.339. The molecule has 0 bridgehead atoms. The lowest BCUT2D eigenvalue weighted by atomic mass is 9.67. The van der Waals surface area contributed by atoms with Crippen LogP contribution in [0.1, 0.15) is 32.6 Å². The van der Waals surface area contributed by atoms with E-state index in [9.17, 15) is 4.79 Å². The Morgan fingerprint density at radius 1 is 0.677 bits per heavy atom. The molecule has 4 aromatic rings. The first kappa shape index (κ1) is 19.1. The van der Waals surface area contributed by atoms with E-state index in [-0.39, 0.29) is 11.4 Å². The van der Waals surface area contributed by atoms with Gasteiger partial charge in [0.25, 0.3) is 0 Å². The molecule has 1 aliphatic carbocycles. The van der Waals surface area contributed by atoms with Crippen LogP contribution in [-0.4, -0.2) is 5.97 Å². The lowest BCUT2D eigenvalue weighted by Gasteiger charge is -2.36. The zero-order valence-corrected chi connectivity index (χ0v) is 17.1. The fourth-order valence-electron chi connectivity index (χ4n) is 4.36. The Morgan fingerprint density at radius 3 is 1.87 bits per heavy atom.